The van der Waals surface area contributed by atoms with E-state index in [0.717, 1.165) is 41.8 Å². The number of aryl methyl sites for hydroxylation is 1. The van der Waals surface area contributed by atoms with Gasteiger partial charge in [0.15, 0.2) is 5.96 Å². The van der Waals surface area contributed by atoms with Gasteiger partial charge in [0, 0.05) is 24.6 Å². The molecule has 0 saturated heterocycles. The van der Waals surface area contributed by atoms with Crippen LogP contribution in [0.4, 0.5) is 0 Å². The van der Waals surface area contributed by atoms with Crippen LogP contribution in [0.5, 0.6) is 11.5 Å². The SMILES string of the molecule is CCc1nncn1CCN=C(NC1CCCC1)NC(C)c1cc(OC)ccc1OC.I. The van der Waals surface area contributed by atoms with Crippen molar-refractivity contribution in [1.82, 2.24) is 25.4 Å². The summed E-state index contributed by atoms with van der Waals surface area (Å²) in [5, 5.41) is 15.3. The number of nitrogens with zero attached hydrogens (tertiary/aromatic N) is 4. The van der Waals surface area contributed by atoms with Crippen LogP contribution in [0.25, 0.3) is 0 Å². The summed E-state index contributed by atoms with van der Waals surface area (Å²) < 4.78 is 13.0. The summed E-state index contributed by atoms with van der Waals surface area (Å²) in [7, 11) is 3.36. The van der Waals surface area contributed by atoms with Gasteiger partial charge in [-0.3, -0.25) is 4.99 Å². The van der Waals surface area contributed by atoms with Gasteiger partial charge >= 0.3 is 0 Å². The molecule has 0 radical (unpaired) electrons. The van der Waals surface area contributed by atoms with E-state index in [1.165, 1.54) is 25.7 Å². The Bertz CT molecular complexity index is 835. The lowest BCUT2D eigenvalue weighted by Gasteiger charge is -2.23. The van der Waals surface area contributed by atoms with Crippen LogP contribution in [0.2, 0.25) is 0 Å². The summed E-state index contributed by atoms with van der Waals surface area (Å²) in [6, 6.07) is 6.33. The summed E-state index contributed by atoms with van der Waals surface area (Å²) in [5.74, 6) is 3.44. The highest BCUT2D eigenvalue weighted by Gasteiger charge is 2.19. The maximum absolute atomic E-state index is 5.56. The largest absolute Gasteiger partial charge is 0.497 e. The first-order valence-corrected chi connectivity index (χ1v) is 10.8. The molecular formula is C22H35IN6O2. The summed E-state index contributed by atoms with van der Waals surface area (Å²) in [4.78, 5) is 4.85. The van der Waals surface area contributed by atoms with E-state index in [9.17, 15) is 0 Å². The second-order valence-corrected chi connectivity index (χ2v) is 7.62. The minimum Gasteiger partial charge on any atom is -0.497 e. The lowest BCUT2D eigenvalue weighted by molar-refractivity contribution is 0.394. The molecule has 0 spiro atoms. The van der Waals surface area contributed by atoms with E-state index in [1.807, 2.05) is 18.2 Å². The highest BCUT2D eigenvalue weighted by Crippen LogP contribution is 2.29. The fourth-order valence-corrected chi connectivity index (χ4v) is 3.87. The minimum atomic E-state index is 0. The number of hydrogen-bond acceptors (Lipinski definition) is 5. The zero-order chi connectivity index (χ0) is 21.3. The molecule has 172 valence electrons. The van der Waals surface area contributed by atoms with E-state index < -0.39 is 0 Å². The summed E-state index contributed by atoms with van der Waals surface area (Å²) >= 11 is 0. The number of nitrogens with one attached hydrogen (secondary N) is 2. The molecule has 1 fully saturated rings. The van der Waals surface area contributed by atoms with E-state index >= 15 is 0 Å². The summed E-state index contributed by atoms with van der Waals surface area (Å²) in [5.41, 5.74) is 1.03. The number of guanidine groups is 1. The monoisotopic (exact) mass is 542 g/mol. The van der Waals surface area contributed by atoms with E-state index in [-0.39, 0.29) is 30.0 Å². The van der Waals surface area contributed by atoms with Crippen LogP contribution >= 0.6 is 24.0 Å². The van der Waals surface area contributed by atoms with Crippen LogP contribution in [0, 0.1) is 0 Å². The van der Waals surface area contributed by atoms with Crippen LogP contribution in [-0.4, -0.2) is 47.5 Å². The molecule has 1 unspecified atom stereocenters. The van der Waals surface area contributed by atoms with Crippen molar-refractivity contribution >= 4 is 29.9 Å². The minimum absolute atomic E-state index is 0. The molecule has 1 aliphatic carbocycles. The maximum Gasteiger partial charge on any atom is 0.192 e. The maximum atomic E-state index is 5.56. The van der Waals surface area contributed by atoms with Gasteiger partial charge in [-0.05, 0) is 38.0 Å². The lowest BCUT2D eigenvalue weighted by Crippen LogP contribution is -2.43. The molecule has 2 N–H and O–H groups in total. The normalized spacial score (nSPS) is 15.3. The van der Waals surface area contributed by atoms with Crippen molar-refractivity contribution in [2.24, 2.45) is 4.99 Å². The van der Waals surface area contributed by atoms with Gasteiger partial charge in [0.1, 0.15) is 23.7 Å². The second-order valence-electron chi connectivity index (χ2n) is 7.62. The molecule has 8 nitrogen and oxygen atoms in total. The number of aromatic nitrogens is 3. The van der Waals surface area contributed by atoms with Gasteiger partial charge in [-0.25, -0.2) is 0 Å². The third-order valence-electron chi connectivity index (χ3n) is 5.58. The molecule has 0 aliphatic heterocycles. The predicted octanol–water partition coefficient (Wildman–Crippen LogP) is 3.71. The van der Waals surface area contributed by atoms with E-state index in [4.69, 9.17) is 14.5 Å². The average molecular weight is 542 g/mol. The van der Waals surface area contributed by atoms with Crippen molar-refractivity contribution in [3.05, 3.63) is 35.9 Å². The van der Waals surface area contributed by atoms with Crippen molar-refractivity contribution < 1.29 is 9.47 Å². The van der Waals surface area contributed by atoms with Gasteiger partial charge in [0.25, 0.3) is 0 Å². The first kappa shape index (κ1) is 25.2. The van der Waals surface area contributed by atoms with Crippen molar-refractivity contribution in [3.63, 3.8) is 0 Å². The number of methoxy groups -OCH3 is 2. The molecular weight excluding hydrogens is 507 g/mol. The van der Waals surface area contributed by atoms with Crippen LogP contribution in [-0.2, 0) is 13.0 Å². The molecule has 1 saturated carbocycles. The molecule has 0 bridgehead atoms. The Balaban J connectivity index is 0.00000341. The fraction of sp³-hybridized carbons (Fsp3) is 0.591. The third kappa shape index (κ3) is 6.98. The number of halogens is 1. The highest BCUT2D eigenvalue weighted by molar-refractivity contribution is 14.0. The molecule has 1 aromatic heterocycles. The van der Waals surface area contributed by atoms with E-state index in [2.05, 4.69) is 39.2 Å². The van der Waals surface area contributed by atoms with Crippen molar-refractivity contribution in [3.8, 4) is 11.5 Å². The number of benzene rings is 1. The molecule has 3 rings (SSSR count). The Hall–Kier alpha value is -2.04. The summed E-state index contributed by atoms with van der Waals surface area (Å²) in [6.07, 6.45) is 7.54. The Kier molecular flexibility index (Phi) is 10.4. The number of rotatable bonds is 9. The van der Waals surface area contributed by atoms with E-state index in [0.29, 0.717) is 12.6 Å². The van der Waals surface area contributed by atoms with Crippen LogP contribution in [0.15, 0.2) is 29.5 Å². The smallest absolute Gasteiger partial charge is 0.192 e. The molecule has 1 aliphatic rings. The number of ether oxygens (including phenoxy) is 2. The Morgan fingerprint density at radius 1 is 1.26 bits per heavy atom. The van der Waals surface area contributed by atoms with Crippen molar-refractivity contribution in [2.75, 3.05) is 20.8 Å². The van der Waals surface area contributed by atoms with Gasteiger partial charge in [-0.2, -0.15) is 0 Å². The molecule has 1 aromatic carbocycles. The zero-order valence-corrected chi connectivity index (χ0v) is 21.3. The standard InChI is InChI=1S/C22H34N6O2.HI/c1-5-21-27-24-15-28(21)13-12-23-22(26-17-8-6-7-9-17)25-16(2)19-14-18(29-3)10-11-20(19)30-4;/h10-11,14-17H,5-9,12-13H2,1-4H3,(H2,23,25,26);1H. The fourth-order valence-electron chi connectivity index (χ4n) is 3.87. The molecule has 2 aromatic rings. The summed E-state index contributed by atoms with van der Waals surface area (Å²) in [6.45, 7) is 5.60. The van der Waals surface area contributed by atoms with Gasteiger partial charge < -0.3 is 24.7 Å². The Morgan fingerprint density at radius 2 is 2.03 bits per heavy atom. The third-order valence-corrected chi connectivity index (χ3v) is 5.58. The number of aliphatic imine (C=N–C) groups is 1. The topological polar surface area (TPSA) is 85.6 Å². The second kappa shape index (κ2) is 12.7. The average Bonchev–Trinajstić information content (AvgIpc) is 3.44. The zero-order valence-electron chi connectivity index (χ0n) is 18.9. The van der Waals surface area contributed by atoms with E-state index in [1.54, 1.807) is 20.5 Å². The first-order chi connectivity index (χ1) is 14.6. The van der Waals surface area contributed by atoms with Crippen LogP contribution < -0.4 is 20.1 Å². The lowest BCUT2D eigenvalue weighted by atomic mass is 10.1. The Morgan fingerprint density at radius 3 is 2.71 bits per heavy atom. The Labute approximate surface area is 202 Å². The van der Waals surface area contributed by atoms with Crippen LogP contribution in [0.3, 0.4) is 0 Å². The first-order valence-electron chi connectivity index (χ1n) is 10.8. The molecule has 0 amide bonds. The van der Waals surface area contributed by atoms with Gasteiger partial charge in [-0.1, -0.05) is 19.8 Å². The van der Waals surface area contributed by atoms with Crippen molar-refractivity contribution in [1.29, 1.82) is 0 Å². The molecule has 1 atom stereocenters. The molecule has 1 heterocycles. The molecule has 9 heteroatoms. The number of hydrogen-bond donors (Lipinski definition) is 2. The van der Waals surface area contributed by atoms with Gasteiger partial charge in [-0.15, -0.1) is 34.2 Å². The predicted molar refractivity (Wildman–Crippen MR) is 134 cm³/mol. The highest BCUT2D eigenvalue weighted by atomic mass is 127. The van der Waals surface area contributed by atoms with Gasteiger partial charge in [0.2, 0.25) is 0 Å². The van der Waals surface area contributed by atoms with Crippen LogP contribution in [0.1, 0.15) is 57.0 Å². The quantitative estimate of drug-likeness (QED) is 0.286. The van der Waals surface area contributed by atoms with Crippen molar-refractivity contribution in [2.45, 2.75) is 64.6 Å². The van der Waals surface area contributed by atoms with Gasteiger partial charge in [0.05, 0.1) is 26.8 Å². The molecule has 31 heavy (non-hydrogen) atoms.